The van der Waals surface area contributed by atoms with Gasteiger partial charge in [0, 0.05) is 36.9 Å². The van der Waals surface area contributed by atoms with Crippen LogP contribution in [0.5, 0.6) is 5.75 Å². The molecule has 0 radical (unpaired) electrons. The lowest BCUT2D eigenvalue weighted by Crippen LogP contribution is -2.51. The molecule has 2 aliphatic heterocycles. The molecular weight excluding hydrogens is 404 g/mol. The molecular formula is C25H34N4O3. The molecule has 2 aromatic rings. The number of aryl methyl sites for hydroxylation is 2. The van der Waals surface area contributed by atoms with E-state index in [9.17, 15) is 9.59 Å². The zero-order chi connectivity index (χ0) is 22.7. The lowest BCUT2D eigenvalue weighted by molar-refractivity contribution is -0.133. The van der Waals surface area contributed by atoms with Crippen LogP contribution >= 0.6 is 0 Å². The van der Waals surface area contributed by atoms with Gasteiger partial charge in [0.25, 0.3) is 5.91 Å². The Morgan fingerprint density at radius 1 is 1.06 bits per heavy atom. The van der Waals surface area contributed by atoms with E-state index in [0.717, 1.165) is 63.1 Å². The van der Waals surface area contributed by atoms with Crippen molar-refractivity contribution in [2.24, 2.45) is 5.92 Å². The molecule has 2 fully saturated rings. The van der Waals surface area contributed by atoms with Crippen molar-refractivity contribution in [3.05, 3.63) is 47.3 Å². The quantitative estimate of drug-likeness (QED) is 0.717. The first kappa shape index (κ1) is 22.4. The maximum atomic E-state index is 13.3. The second kappa shape index (κ2) is 9.76. The van der Waals surface area contributed by atoms with Crippen molar-refractivity contribution in [3.8, 4) is 5.75 Å². The van der Waals surface area contributed by atoms with Crippen molar-refractivity contribution in [1.29, 1.82) is 0 Å². The monoisotopic (exact) mass is 438 g/mol. The molecule has 2 saturated heterocycles. The van der Waals surface area contributed by atoms with Crippen LogP contribution in [0.3, 0.4) is 0 Å². The van der Waals surface area contributed by atoms with Gasteiger partial charge >= 0.3 is 0 Å². The molecule has 0 bridgehead atoms. The summed E-state index contributed by atoms with van der Waals surface area (Å²) < 4.78 is 7.10. The minimum Gasteiger partial charge on any atom is -0.497 e. The molecule has 0 aliphatic carbocycles. The van der Waals surface area contributed by atoms with Gasteiger partial charge in [0.2, 0.25) is 5.91 Å². The first-order valence-electron chi connectivity index (χ1n) is 11.7. The van der Waals surface area contributed by atoms with Crippen LogP contribution in [-0.2, 0) is 11.3 Å². The van der Waals surface area contributed by atoms with E-state index in [1.807, 2.05) is 49.1 Å². The molecule has 32 heavy (non-hydrogen) atoms. The fourth-order valence-corrected chi connectivity index (χ4v) is 5.22. The summed E-state index contributed by atoms with van der Waals surface area (Å²) in [6.07, 6.45) is 5.13. The maximum absolute atomic E-state index is 13.3. The van der Waals surface area contributed by atoms with Crippen LogP contribution in [0.1, 0.15) is 53.8 Å². The zero-order valence-electron chi connectivity index (χ0n) is 19.4. The maximum Gasteiger partial charge on any atom is 0.254 e. The highest BCUT2D eigenvalue weighted by molar-refractivity contribution is 5.95. The number of carbonyl (C=O) groups is 2. The molecule has 0 saturated carbocycles. The smallest absolute Gasteiger partial charge is 0.254 e. The molecule has 1 aromatic heterocycles. The van der Waals surface area contributed by atoms with E-state index in [1.165, 1.54) is 0 Å². The number of likely N-dealkylation sites (tertiary alicyclic amines) is 2. The Balaban J connectivity index is 1.38. The molecule has 2 aliphatic rings. The van der Waals surface area contributed by atoms with Gasteiger partial charge in [-0.1, -0.05) is 6.07 Å². The van der Waals surface area contributed by atoms with Crippen molar-refractivity contribution in [3.63, 3.8) is 0 Å². The summed E-state index contributed by atoms with van der Waals surface area (Å²) in [7, 11) is 1.62. The molecule has 0 spiro atoms. The zero-order valence-corrected chi connectivity index (χ0v) is 19.4. The summed E-state index contributed by atoms with van der Waals surface area (Å²) in [5, 5.41) is 4.42. The predicted octanol–water partition coefficient (Wildman–Crippen LogP) is 3.44. The summed E-state index contributed by atoms with van der Waals surface area (Å²) >= 11 is 0. The van der Waals surface area contributed by atoms with E-state index in [4.69, 9.17) is 4.74 Å². The van der Waals surface area contributed by atoms with Gasteiger partial charge in [0.05, 0.1) is 12.8 Å². The Hall–Kier alpha value is -2.83. The number of nitrogens with zero attached hydrogens (tertiary/aromatic N) is 4. The Bertz CT molecular complexity index is 962. The fraction of sp³-hybridized carbons (Fsp3) is 0.560. The Morgan fingerprint density at radius 3 is 2.53 bits per heavy atom. The van der Waals surface area contributed by atoms with E-state index >= 15 is 0 Å². The van der Waals surface area contributed by atoms with Gasteiger partial charge in [0.1, 0.15) is 12.3 Å². The van der Waals surface area contributed by atoms with Gasteiger partial charge in [-0.2, -0.15) is 5.10 Å². The molecule has 7 heteroatoms. The van der Waals surface area contributed by atoms with Gasteiger partial charge in [-0.15, -0.1) is 0 Å². The molecule has 3 heterocycles. The Morgan fingerprint density at radius 2 is 1.84 bits per heavy atom. The highest BCUT2D eigenvalue weighted by Crippen LogP contribution is 2.32. The fourth-order valence-electron chi connectivity index (χ4n) is 5.22. The van der Waals surface area contributed by atoms with Crippen molar-refractivity contribution in [2.45, 2.75) is 58.5 Å². The largest absolute Gasteiger partial charge is 0.497 e. The molecule has 4 rings (SSSR count). The number of carbonyl (C=O) groups excluding carboxylic acids is 2. The third kappa shape index (κ3) is 4.81. The lowest BCUT2D eigenvalue weighted by Gasteiger charge is -2.43. The standard InChI is InChI=1S/C25H34N4O3/c1-18-15-19(2)29(26-18)17-24(30)27-13-10-20(11-14-27)23-9-4-5-12-28(23)25(31)21-7-6-8-22(16-21)32-3/h6-8,15-16,20,23H,4-5,9-14,17H2,1-3H3. The van der Waals surface area contributed by atoms with Crippen LogP contribution < -0.4 is 4.74 Å². The summed E-state index contributed by atoms with van der Waals surface area (Å²) in [5.41, 5.74) is 2.64. The SMILES string of the molecule is COc1cccc(C(=O)N2CCCCC2C2CCN(C(=O)Cn3nc(C)cc3C)CC2)c1. The van der Waals surface area contributed by atoms with E-state index in [-0.39, 0.29) is 17.9 Å². The van der Waals surface area contributed by atoms with Crippen LogP contribution in [0.2, 0.25) is 0 Å². The molecule has 1 unspecified atom stereocenters. The number of methoxy groups -OCH3 is 1. The number of benzene rings is 1. The van der Waals surface area contributed by atoms with E-state index in [1.54, 1.807) is 11.8 Å². The number of ether oxygens (including phenoxy) is 1. The second-order valence-electron chi connectivity index (χ2n) is 9.10. The highest BCUT2D eigenvalue weighted by atomic mass is 16.5. The number of aromatic nitrogens is 2. The van der Waals surface area contributed by atoms with Crippen molar-refractivity contribution < 1.29 is 14.3 Å². The van der Waals surface area contributed by atoms with Gasteiger partial charge in [-0.3, -0.25) is 14.3 Å². The first-order valence-corrected chi connectivity index (χ1v) is 11.7. The highest BCUT2D eigenvalue weighted by Gasteiger charge is 2.36. The summed E-state index contributed by atoms with van der Waals surface area (Å²) in [5.74, 6) is 1.36. The van der Waals surface area contributed by atoms with E-state index < -0.39 is 0 Å². The number of hydrogen-bond donors (Lipinski definition) is 0. The van der Waals surface area contributed by atoms with Crippen LogP contribution in [-0.4, -0.2) is 64.2 Å². The van der Waals surface area contributed by atoms with Gasteiger partial charge in [-0.05, 0) is 76.1 Å². The predicted molar refractivity (Wildman–Crippen MR) is 123 cm³/mol. The normalized spacial score (nSPS) is 19.8. The first-order chi connectivity index (χ1) is 15.5. The minimum atomic E-state index is 0.0941. The summed E-state index contributed by atoms with van der Waals surface area (Å²) in [4.78, 5) is 30.2. The minimum absolute atomic E-state index is 0.0941. The molecule has 0 N–H and O–H groups in total. The third-order valence-corrected chi connectivity index (χ3v) is 6.95. The molecule has 7 nitrogen and oxygen atoms in total. The average molecular weight is 439 g/mol. The number of hydrogen-bond acceptors (Lipinski definition) is 4. The second-order valence-corrected chi connectivity index (χ2v) is 9.10. The topological polar surface area (TPSA) is 67.7 Å². The van der Waals surface area contributed by atoms with Gasteiger partial charge < -0.3 is 14.5 Å². The molecule has 2 amide bonds. The third-order valence-electron chi connectivity index (χ3n) is 6.95. The van der Waals surface area contributed by atoms with Crippen LogP contribution in [0.15, 0.2) is 30.3 Å². The van der Waals surface area contributed by atoms with Crippen LogP contribution in [0.4, 0.5) is 0 Å². The van der Waals surface area contributed by atoms with E-state index in [0.29, 0.717) is 23.8 Å². The number of rotatable bonds is 5. The summed E-state index contributed by atoms with van der Waals surface area (Å²) in [6.45, 7) is 6.53. The van der Waals surface area contributed by atoms with Gasteiger partial charge in [0.15, 0.2) is 0 Å². The Labute approximate surface area is 190 Å². The molecule has 172 valence electrons. The van der Waals surface area contributed by atoms with Crippen LogP contribution in [0.25, 0.3) is 0 Å². The number of piperidine rings is 2. The van der Waals surface area contributed by atoms with E-state index in [2.05, 4.69) is 10.00 Å². The van der Waals surface area contributed by atoms with Crippen molar-refractivity contribution in [2.75, 3.05) is 26.7 Å². The van der Waals surface area contributed by atoms with Crippen molar-refractivity contribution >= 4 is 11.8 Å². The van der Waals surface area contributed by atoms with Crippen molar-refractivity contribution in [1.82, 2.24) is 19.6 Å². The molecule has 1 aromatic carbocycles. The lowest BCUT2D eigenvalue weighted by atomic mass is 9.83. The van der Waals surface area contributed by atoms with Crippen LogP contribution in [0, 0.1) is 19.8 Å². The molecule has 1 atom stereocenters. The summed E-state index contributed by atoms with van der Waals surface area (Å²) in [6, 6.07) is 9.68. The van der Waals surface area contributed by atoms with Gasteiger partial charge in [-0.25, -0.2) is 0 Å². The average Bonchev–Trinajstić information content (AvgIpc) is 3.14. The Kier molecular flexibility index (Phi) is 6.82. The number of amides is 2.